The molecular weight excluding hydrogens is 390 g/mol. The fourth-order valence-corrected chi connectivity index (χ4v) is 2.25. The molecule has 3 amide bonds. The Kier molecular flexibility index (Phi) is 9.94. The number of carbonyl (C=O) groups excluding carboxylic acids is 3. The number of hydrogen-bond acceptors (Lipinski definition) is 6. The third-order valence-electron chi connectivity index (χ3n) is 3.42. The van der Waals surface area contributed by atoms with Crippen molar-refractivity contribution in [3.63, 3.8) is 0 Å². The SMILES string of the molecule is CC(CCC(C)N(NC(=O)OC(C)(C)C)C(=O)OC(C)(C)C)NC(=O)OC(C)(C)C. The van der Waals surface area contributed by atoms with Crippen LogP contribution in [-0.2, 0) is 14.2 Å². The van der Waals surface area contributed by atoms with Crippen LogP contribution in [0.15, 0.2) is 0 Å². The van der Waals surface area contributed by atoms with Crippen LogP contribution in [0.2, 0.25) is 0 Å². The zero-order chi connectivity index (χ0) is 23.9. The van der Waals surface area contributed by atoms with E-state index in [1.54, 1.807) is 69.2 Å². The van der Waals surface area contributed by atoms with Gasteiger partial charge in [0.2, 0.25) is 0 Å². The number of alkyl carbamates (subject to hydrolysis) is 1. The molecule has 0 rings (SSSR count). The van der Waals surface area contributed by atoms with Gasteiger partial charge in [0.15, 0.2) is 0 Å². The summed E-state index contributed by atoms with van der Waals surface area (Å²) in [5.74, 6) is 0. The summed E-state index contributed by atoms with van der Waals surface area (Å²) in [6.07, 6.45) is -0.894. The molecule has 0 aliphatic carbocycles. The van der Waals surface area contributed by atoms with Crippen molar-refractivity contribution in [1.29, 1.82) is 0 Å². The van der Waals surface area contributed by atoms with Gasteiger partial charge in [0.25, 0.3) is 0 Å². The van der Waals surface area contributed by atoms with Gasteiger partial charge in [-0.1, -0.05) is 0 Å². The minimum atomic E-state index is -0.750. The van der Waals surface area contributed by atoms with E-state index in [4.69, 9.17) is 14.2 Å². The summed E-state index contributed by atoms with van der Waals surface area (Å²) in [5.41, 5.74) is 0.460. The summed E-state index contributed by atoms with van der Waals surface area (Å²) in [7, 11) is 0. The van der Waals surface area contributed by atoms with E-state index in [2.05, 4.69) is 10.7 Å². The van der Waals surface area contributed by atoms with Gasteiger partial charge in [-0.05, 0) is 89.0 Å². The lowest BCUT2D eigenvalue weighted by Crippen LogP contribution is -2.53. The maximum absolute atomic E-state index is 12.6. The van der Waals surface area contributed by atoms with Crippen molar-refractivity contribution in [2.24, 2.45) is 0 Å². The molecule has 30 heavy (non-hydrogen) atoms. The predicted octanol–water partition coefficient (Wildman–Crippen LogP) is 4.75. The molecule has 0 aliphatic rings. The van der Waals surface area contributed by atoms with E-state index in [0.717, 1.165) is 5.01 Å². The van der Waals surface area contributed by atoms with Crippen molar-refractivity contribution in [1.82, 2.24) is 15.8 Å². The Morgan fingerprint density at radius 1 is 0.733 bits per heavy atom. The minimum Gasteiger partial charge on any atom is -0.444 e. The summed E-state index contributed by atoms with van der Waals surface area (Å²) in [6.45, 7) is 19.4. The second-order valence-electron chi connectivity index (χ2n) is 10.4. The van der Waals surface area contributed by atoms with Crippen LogP contribution in [-0.4, -0.2) is 52.2 Å². The molecule has 2 atom stereocenters. The molecule has 2 unspecified atom stereocenters. The highest BCUT2D eigenvalue weighted by Crippen LogP contribution is 2.15. The molecular formula is C21H41N3O6. The lowest BCUT2D eigenvalue weighted by Gasteiger charge is -2.33. The predicted molar refractivity (Wildman–Crippen MR) is 115 cm³/mol. The van der Waals surface area contributed by atoms with Crippen LogP contribution >= 0.6 is 0 Å². The highest BCUT2D eigenvalue weighted by molar-refractivity contribution is 5.74. The first-order valence-electron chi connectivity index (χ1n) is 10.3. The zero-order valence-corrected chi connectivity index (χ0v) is 20.5. The maximum Gasteiger partial charge on any atom is 0.429 e. The first kappa shape index (κ1) is 27.8. The third-order valence-corrected chi connectivity index (χ3v) is 3.42. The average Bonchev–Trinajstić information content (AvgIpc) is 2.44. The fraction of sp³-hybridized carbons (Fsp3) is 0.857. The summed E-state index contributed by atoms with van der Waals surface area (Å²) >= 11 is 0. The molecule has 176 valence electrons. The van der Waals surface area contributed by atoms with Crippen LogP contribution in [0.5, 0.6) is 0 Å². The van der Waals surface area contributed by atoms with E-state index in [1.807, 2.05) is 6.92 Å². The minimum absolute atomic E-state index is 0.190. The number of rotatable bonds is 5. The average molecular weight is 432 g/mol. The van der Waals surface area contributed by atoms with Gasteiger partial charge in [0.1, 0.15) is 16.8 Å². The normalized spacial score (nSPS) is 14.2. The fourth-order valence-electron chi connectivity index (χ4n) is 2.25. The van der Waals surface area contributed by atoms with Crippen molar-refractivity contribution in [2.45, 2.75) is 118 Å². The number of nitrogens with one attached hydrogen (secondary N) is 2. The molecule has 2 N–H and O–H groups in total. The van der Waals surface area contributed by atoms with Gasteiger partial charge in [-0.25, -0.2) is 24.8 Å². The molecule has 0 heterocycles. The van der Waals surface area contributed by atoms with Crippen LogP contribution in [0, 0.1) is 0 Å². The molecule has 0 bridgehead atoms. The van der Waals surface area contributed by atoms with Crippen molar-refractivity contribution in [3.05, 3.63) is 0 Å². The number of hydrogen-bond donors (Lipinski definition) is 2. The van der Waals surface area contributed by atoms with E-state index in [-0.39, 0.29) is 6.04 Å². The Bertz CT molecular complexity index is 587. The van der Waals surface area contributed by atoms with E-state index in [0.29, 0.717) is 12.8 Å². The summed E-state index contributed by atoms with van der Waals surface area (Å²) in [4.78, 5) is 36.7. The quantitative estimate of drug-likeness (QED) is 0.481. The summed E-state index contributed by atoms with van der Waals surface area (Å²) < 4.78 is 15.9. The molecule has 0 spiro atoms. The first-order chi connectivity index (χ1) is 13.3. The standard InChI is InChI=1S/C21H41N3O6/c1-14(22-16(25)28-19(3,4)5)12-13-15(2)24(18(27)30-21(9,10)11)23-17(26)29-20(6,7)8/h14-15H,12-13H2,1-11H3,(H,22,25)(H,23,26). The van der Waals surface area contributed by atoms with Crippen LogP contribution in [0.1, 0.15) is 89.0 Å². The van der Waals surface area contributed by atoms with Gasteiger partial charge in [-0.3, -0.25) is 0 Å². The van der Waals surface area contributed by atoms with Crippen LogP contribution in [0.25, 0.3) is 0 Å². The van der Waals surface area contributed by atoms with Gasteiger partial charge in [0.05, 0.1) is 6.04 Å². The Morgan fingerprint density at radius 2 is 1.17 bits per heavy atom. The molecule has 0 saturated carbocycles. The smallest absolute Gasteiger partial charge is 0.429 e. The first-order valence-corrected chi connectivity index (χ1v) is 10.3. The Labute approximate surface area is 181 Å². The Morgan fingerprint density at radius 3 is 1.60 bits per heavy atom. The van der Waals surface area contributed by atoms with E-state index >= 15 is 0 Å². The van der Waals surface area contributed by atoms with Crippen LogP contribution in [0.4, 0.5) is 14.4 Å². The zero-order valence-electron chi connectivity index (χ0n) is 20.5. The molecule has 0 fully saturated rings. The molecule has 0 aromatic rings. The van der Waals surface area contributed by atoms with Gasteiger partial charge in [0, 0.05) is 6.04 Å². The molecule has 0 aliphatic heterocycles. The van der Waals surface area contributed by atoms with Crippen molar-refractivity contribution in [2.75, 3.05) is 0 Å². The molecule has 0 aromatic heterocycles. The van der Waals surface area contributed by atoms with Crippen molar-refractivity contribution < 1.29 is 28.6 Å². The second kappa shape index (κ2) is 10.7. The van der Waals surface area contributed by atoms with Gasteiger partial charge >= 0.3 is 18.3 Å². The Balaban J connectivity index is 5.02. The maximum atomic E-state index is 12.6. The number of nitrogens with zero attached hydrogens (tertiary/aromatic N) is 1. The van der Waals surface area contributed by atoms with E-state index in [1.165, 1.54) is 0 Å². The lowest BCUT2D eigenvalue weighted by atomic mass is 10.1. The molecule has 0 radical (unpaired) electrons. The number of hydrazine groups is 1. The molecule has 9 nitrogen and oxygen atoms in total. The van der Waals surface area contributed by atoms with E-state index in [9.17, 15) is 14.4 Å². The molecule has 9 heteroatoms. The summed E-state index contributed by atoms with van der Waals surface area (Å²) in [6, 6.07) is -0.598. The number of carbonyl (C=O) groups is 3. The van der Waals surface area contributed by atoms with Gasteiger partial charge < -0.3 is 19.5 Å². The van der Waals surface area contributed by atoms with Gasteiger partial charge in [-0.15, -0.1) is 0 Å². The topological polar surface area (TPSA) is 106 Å². The largest absolute Gasteiger partial charge is 0.444 e. The van der Waals surface area contributed by atoms with Gasteiger partial charge in [-0.2, -0.15) is 0 Å². The highest BCUT2D eigenvalue weighted by atomic mass is 16.6. The van der Waals surface area contributed by atoms with Crippen molar-refractivity contribution >= 4 is 18.3 Å². The van der Waals surface area contributed by atoms with Crippen molar-refractivity contribution in [3.8, 4) is 0 Å². The second-order valence-corrected chi connectivity index (χ2v) is 10.4. The summed E-state index contributed by atoms with van der Waals surface area (Å²) in [5, 5.41) is 3.89. The number of ether oxygens (including phenoxy) is 3. The van der Waals surface area contributed by atoms with Crippen LogP contribution < -0.4 is 10.7 Å². The highest BCUT2D eigenvalue weighted by Gasteiger charge is 2.30. The van der Waals surface area contributed by atoms with Crippen LogP contribution in [0.3, 0.4) is 0 Å². The Hall–Kier alpha value is -2.19. The lowest BCUT2D eigenvalue weighted by molar-refractivity contribution is -0.00898. The monoisotopic (exact) mass is 431 g/mol. The van der Waals surface area contributed by atoms with E-state index < -0.39 is 41.1 Å². The molecule has 0 saturated heterocycles. The number of amides is 3. The third kappa shape index (κ3) is 13.9. The molecule has 0 aromatic carbocycles.